The summed E-state index contributed by atoms with van der Waals surface area (Å²) < 4.78 is 16.0. The lowest BCUT2D eigenvalue weighted by Crippen LogP contribution is -2.24. The van der Waals surface area contributed by atoms with Gasteiger partial charge in [-0.25, -0.2) is 0 Å². The molecule has 1 unspecified atom stereocenters. The van der Waals surface area contributed by atoms with E-state index in [-0.39, 0.29) is 11.8 Å². The topological polar surface area (TPSA) is 77.7 Å². The molecule has 1 atom stereocenters. The predicted molar refractivity (Wildman–Crippen MR) is 101 cm³/mol. The summed E-state index contributed by atoms with van der Waals surface area (Å²) in [6.07, 6.45) is 0.953. The number of carbonyl (C=O) groups is 1. The van der Waals surface area contributed by atoms with Crippen molar-refractivity contribution in [3.8, 4) is 11.5 Å². The van der Waals surface area contributed by atoms with Crippen LogP contribution in [0.4, 0.5) is 5.69 Å². The Labute approximate surface area is 160 Å². The highest BCUT2D eigenvalue weighted by molar-refractivity contribution is 7.09. The Kier molecular flexibility index (Phi) is 4.81. The summed E-state index contributed by atoms with van der Waals surface area (Å²) >= 11 is 1.65. The van der Waals surface area contributed by atoms with Gasteiger partial charge in [-0.1, -0.05) is 11.2 Å². The van der Waals surface area contributed by atoms with Gasteiger partial charge < -0.3 is 18.9 Å². The van der Waals surface area contributed by atoms with Crippen LogP contribution >= 0.6 is 11.3 Å². The van der Waals surface area contributed by atoms with Crippen LogP contribution in [-0.4, -0.2) is 36.8 Å². The summed E-state index contributed by atoms with van der Waals surface area (Å²) in [5.74, 6) is 2.31. The fourth-order valence-corrected chi connectivity index (χ4v) is 3.89. The summed E-state index contributed by atoms with van der Waals surface area (Å²) in [5.41, 5.74) is 0.716. The van der Waals surface area contributed by atoms with E-state index in [9.17, 15) is 4.79 Å². The summed E-state index contributed by atoms with van der Waals surface area (Å²) in [7, 11) is 3.17. The zero-order chi connectivity index (χ0) is 18.8. The third-order valence-corrected chi connectivity index (χ3v) is 5.43. The van der Waals surface area contributed by atoms with E-state index in [1.165, 1.54) is 0 Å². The van der Waals surface area contributed by atoms with E-state index in [1.807, 2.05) is 29.6 Å². The lowest BCUT2D eigenvalue weighted by atomic mass is 10.1. The zero-order valence-electron chi connectivity index (χ0n) is 15.0. The van der Waals surface area contributed by atoms with Crippen LogP contribution < -0.4 is 14.4 Å². The standard InChI is InChI=1S/C19H19N3O4S/c1-24-13-5-6-15(16(9-13)25-2)22-11-12(8-18(22)23)19-20-17(26-21-19)10-14-4-3-7-27-14/h3-7,9,12H,8,10-11H2,1-2H3. The summed E-state index contributed by atoms with van der Waals surface area (Å²) in [5, 5.41) is 6.12. The molecule has 27 heavy (non-hydrogen) atoms. The van der Waals surface area contributed by atoms with Crippen molar-refractivity contribution in [1.82, 2.24) is 10.1 Å². The molecule has 1 aliphatic rings. The molecule has 1 aliphatic heterocycles. The van der Waals surface area contributed by atoms with Crippen molar-refractivity contribution in [2.24, 2.45) is 0 Å². The molecule has 2 aromatic heterocycles. The van der Waals surface area contributed by atoms with Crippen molar-refractivity contribution in [1.29, 1.82) is 0 Å². The molecule has 1 fully saturated rings. The highest BCUT2D eigenvalue weighted by Crippen LogP contribution is 2.37. The highest BCUT2D eigenvalue weighted by atomic mass is 32.1. The van der Waals surface area contributed by atoms with E-state index < -0.39 is 0 Å². The smallest absolute Gasteiger partial charge is 0.231 e. The molecular weight excluding hydrogens is 366 g/mol. The zero-order valence-corrected chi connectivity index (χ0v) is 15.9. The lowest BCUT2D eigenvalue weighted by molar-refractivity contribution is -0.117. The van der Waals surface area contributed by atoms with Gasteiger partial charge in [0.05, 0.1) is 26.3 Å². The van der Waals surface area contributed by atoms with E-state index in [4.69, 9.17) is 14.0 Å². The van der Waals surface area contributed by atoms with Crippen LogP contribution in [0.15, 0.2) is 40.2 Å². The van der Waals surface area contributed by atoms with Crippen LogP contribution in [0.25, 0.3) is 0 Å². The molecule has 0 radical (unpaired) electrons. The van der Waals surface area contributed by atoms with Crippen molar-refractivity contribution in [2.75, 3.05) is 25.7 Å². The van der Waals surface area contributed by atoms with Crippen molar-refractivity contribution in [2.45, 2.75) is 18.8 Å². The minimum Gasteiger partial charge on any atom is -0.497 e. The van der Waals surface area contributed by atoms with Gasteiger partial charge in [0.25, 0.3) is 0 Å². The number of anilines is 1. The van der Waals surface area contributed by atoms with Gasteiger partial charge in [-0.2, -0.15) is 4.98 Å². The molecule has 0 N–H and O–H groups in total. The average Bonchev–Trinajstić information content (AvgIpc) is 3.43. The molecule has 7 nitrogen and oxygen atoms in total. The SMILES string of the molecule is COc1ccc(N2CC(c3noc(Cc4cccs4)n3)CC2=O)c(OC)c1. The number of aromatic nitrogens is 2. The number of benzene rings is 1. The molecule has 1 aromatic carbocycles. The number of methoxy groups -OCH3 is 2. The van der Waals surface area contributed by atoms with Crippen LogP contribution in [0.5, 0.6) is 11.5 Å². The van der Waals surface area contributed by atoms with Crippen molar-refractivity contribution in [3.05, 3.63) is 52.3 Å². The van der Waals surface area contributed by atoms with Crippen molar-refractivity contribution < 1.29 is 18.8 Å². The van der Waals surface area contributed by atoms with Gasteiger partial charge in [0, 0.05) is 29.8 Å². The molecule has 1 amide bonds. The lowest BCUT2D eigenvalue weighted by Gasteiger charge is -2.19. The number of ether oxygens (including phenoxy) is 2. The Morgan fingerprint density at radius 1 is 1.30 bits per heavy atom. The first-order valence-corrected chi connectivity index (χ1v) is 9.43. The van der Waals surface area contributed by atoms with E-state index in [0.29, 0.717) is 48.3 Å². The first-order chi connectivity index (χ1) is 13.2. The maximum absolute atomic E-state index is 12.6. The minimum absolute atomic E-state index is 0.00748. The second-order valence-electron chi connectivity index (χ2n) is 6.25. The van der Waals surface area contributed by atoms with Gasteiger partial charge in [-0.15, -0.1) is 11.3 Å². The highest BCUT2D eigenvalue weighted by Gasteiger charge is 2.35. The van der Waals surface area contributed by atoms with Gasteiger partial charge in [0.2, 0.25) is 11.8 Å². The molecular formula is C19H19N3O4S. The third kappa shape index (κ3) is 3.52. The second kappa shape index (κ2) is 7.40. The van der Waals surface area contributed by atoms with Gasteiger partial charge in [-0.3, -0.25) is 4.79 Å². The second-order valence-corrected chi connectivity index (χ2v) is 7.28. The van der Waals surface area contributed by atoms with Crippen LogP contribution in [0, 0.1) is 0 Å². The number of hydrogen-bond acceptors (Lipinski definition) is 7. The number of amides is 1. The normalized spacial score (nSPS) is 16.7. The van der Waals surface area contributed by atoms with E-state index in [2.05, 4.69) is 10.1 Å². The van der Waals surface area contributed by atoms with Gasteiger partial charge in [0.1, 0.15) is 11.5 Å². The Bertz CT molecular complexity index is 938. The summed E-state index contributed by atoms with van der Waals surface area (Å²) in [6, 6.07) is 9.43. The van der Waals surface area contributed by atoms with Crippen LogP contribution in [-0.2, 0) is 11.2 Å². The first kappa shape index (κ1) is 17.5. The number of nitrogens with zero attached hydrogens (tertiary/aromatic N) is 3. The molecule has 8 heteroatoms. The molecule has 140 valence electrons. The number of rotatable bonds is 6. The largest absolute Gasteiger partial charge is 0.497 e. The minimum atomic E-state index is -0.106. The number of thiophene rings is 1. The molecule has 4 rings (SSSR count). The van der Waals surface area contributed by atoms with Crippen LogP contribution in [0.2, 0.25) is 0 Å². The fourth-order valence-electron chi connectivity index (χ4n) is 3.19. The Balaban J connectivity index is 1.52. The molecule has 0 spiro atoms. The molecule has 3 heterocycles. The Morgan fingerprint density at radius 2 is 2.19 bits per heavy atom. The van der Waals surface area contributed by atoms with Crippen LogP contribution in [0.3, 0.4) is 0 Å². The maximum Gasteiger partial charge on any atom is 0.231 e. The quantitative estimate of drug-likeness (QED) is 0.648. The maximum atomic E-state index is 12.6. The van der Waals surface area contributed by atoms with Gasteiger partial charge in [0.15, 0.2) is 5.82 Å². The molecule has 0 saturated carbocycles. The summed E-state index contributed by atoms with van der Waals surface area (Å²) in [6.45, 7) is 0.486. The van der Waals surface area contributed by atoms with E-state index >= 15 is 0 Å². The Morgan fingerprint density at radius 3 is 2.93 bits per heavy atom. The number of carbonyl (C=O) groups excluding carboxylic acids is 1. The average molecular weight is 385 g/mol. The fraction of sp³-hybridized carbons (Fsp3) is 0.316. The molecule has 1 saturated heterocycles. The summed E-state index contributed by atoms with van der Waals surface area (Å²) in [4.78, 5) is 20.0. The van der Waals surface area contributed by atoms with Crippen molar-refractivity contribution in [3.63, 3.8) is 0 Å². The van der Waals surface area contributed by atoms with E-state index in [0.717, 1.165) is 4.88 Å². The van der Waals surface area contributed by atoms with Crippen molar-refractivity contribution >= 4 is 22.9 Å². The third-order valence-electron chi connectivity index (χ3n) is 4.56. The molecule has 0 bridgehead atoms. The molecule has 3 aromatic rings. The van der Waals surface area contributed by atoms with Gasteiger partial charge >= 0.3 is 0 Å². The Hall–Kier alpha value is -2.87. The van der Waals surface area contributed by atoms with E-state index in [1.54, 1.807) is 36.5 Å². The molecule has 0 aliphatic carbocycles. The predicted octanol–water partition coefficient (Wildman–Crippen LogP) is 3.26. The first-order valence-electron chi connectivity index (χ1n) is 8.55. The number of hydrogen-bond donors (Lipinski definition) is 0. The van der Waals surface area contributed by atoms with Gasteiger partial charge in [-0.05, 0) is 23.6 Å². The monoisotopic (exact) mass is 385 g/mol. The van der Waals surface area contributed by atoms with Crippen LogP contribution in [0.1, 0.15) is 28.9 Å².